The van der Waals surface area contributed by atoms with E-state index < -0.39 is 33.9 Å². The van der Waals surface area contributed by atoms with Crippen LogP contribution in [0.4, 0.5) is 14.6 Å². The molecule has 202 valence electrons. The first-order chi connectivity index (χ1) is 17.5. The van der Waals surface area contributed by atoms with E-state index in [-0.39, 0.29) is 47.3 Å². The highest BCUT2D eigenvalue weighted by Gasteiger charge is 2.39. The predicted molar refractivity (Wildman–Crippen MR) is 132 cm³/mol. The van der Waals surface area contributed by atoms with Gasteiger partial charge in [-0.2, -0.15) is 5.10 Å². The average Bonchev–Trinajstić information content (AvgIpc) is 3.44. The molecular weight excluding hydrogens is 504 g/mol. The Kier molecular flexibility index (Phi) is 7.14. The summed E-state index contributed by atoms with van der Waals surface area (Å²) in [4.78, 5) is 13.6. The van der Waals surface area contributed by atoms with Crippen LogP contribution in [0.1, 0.15) is 57.4 Å². The van der Waals surface area contributed by atoms with Crippen LogP contribution in [-0.4, -0.2) is 60.2 Å². The number of benzene rings is 1. The molecule has 3 fully saturated rings. The standard InChI is InChI=1S/C26H33F2N3O5S/c1-26(2)35-15-18(36-26)14-31-10-9-24(30-31)29-25(32)21(11-16-12-22(27)23(28)13-16)17-3-5-19(6-4-17)37(33,34)20-7-8-20/h3-6,9-10,16,18,20-23H,7-8,11-15H2,1-2H3,(H,29,30,32). The summed E-state index contributed by atoms with van der Waals surface area (Å²) in [6.07, 6.45) is 0.220. The van der Waals surface area contributed by atoms with Gasteiger partial charge in [-0.3, -0.25) is 9.48 Å². The van der Waals surface area contributed by atoms with Gasteiger partial charge in [-0.15, -0.1) is 0 Å². The number of amides is 1. The Morgan fingerprint density at radius 3 is 2.43 bits per heavy atom. The molecule has 0 bridgehead atoms. The first-order valence-electron chi connectivity index (χ1n) is 12.8. The third-order valence-electron chi connectivity index (χ3n) is 7.32. The summed E-state index contributed by atoms with van der Waals surface area (Å²) in [6.45, 7) is 4.58. The Labute approximate surface area is 215 Å². The van der Waals surface area contributed by atoms with E-state index in [1.54, 1.807) is 29.1 Å². The normalized spacial score (nSPS) is 28.3. The number of aromatic nitrogens is 2. The van der Waals surface area contributed by atoms with E-state index in [9.17, 15) is 22.0 Å². The minimum absolute atomic E-state index is 0.0630. The maximum Gasteiger partial charge on any atom is 0.233 e. The molecule has 1 amide bonds. The number of halogens is 2. The highest BCUT2D eigenvalue weighted by molar-refractivity contribution is 7.92. The van der Waals surface area contributed by atoms with Crippen molar-refractivity contribution in [2.75, 3.05) is 11.9 Å². The van der Waals surface area contributed by atoms with Crippen LogP contribution >= 0.6 is 0 Å². The van der Waals surface area contributed by atoms with Crippen LogP contribution < -0.4 is 5.32 Å². The van der Waals surface area contributed by atoms with Gasteiger partial charge in [0, 0.05) is 12.3 Å². The first-order valence-corrected chi connectivity index (χ1v) is 14.3. The third kappa shape index (κ3) is 6.04. The van der Waals surface area contributed by atoms with Crippen LogP contribution in [0, 0.1) is 5.92 Å². The van der Waals surface area contributed by atoms with Crippen LogP contribution in [0.25, 0.3) is 0 Å². The van der Waals surface area contributed by atoms with Crippen molar-refractivity contribution in [2.24, 2.45) is 5.92 Å². The molecule has 1 aromatic carbocycles. The van der Waals surface area contributed by atoms with Crippen molar-refractivity contribution in [1.82, 2.24) is 9.78 Å². The molecule has 1 N–H and O–H groups in total. The SMILES string of the molecule is CC1(C)OCC(Cn2ccc(NC(=O)C(CC3CC(F)C(F)C3)c3ccc(S(=O)(=O)C4CC4)cc3)n2)O1. The molecule has 8 nitrogen and oxygen atoms in total. The fourth-order valence-corrected chi connectivity index (χ4v) is 6.87. The van der Waals surface area contributed by atoms with Crippen molar-refractivity contribution in [3.05, 3.63) is 42.1 Å². The molecule has 1 aliphatic heterocycles. The Bertz CT molecular complexity index is 1220. The molecule has 1 aromatic heterocycles. The monoisotopic (exact) mass is 537 g/mol. The number of rotatable bonds is 9. The number of sulfone groups is 1. The summed E-state index contributed by atoms with van der Waals surface area (Å²) in [5.74, 6) is -1.66. The number of carbonyl (C=O) groups excluding carboxylic acids is 1. The lowest BCUT2D eigenvalue weighted by molar-refractivity contribution is -0.139. The zero-order valence-corrected chi connectivity index (χ0v) is 21.8. The minimum Gasteiger partial charge on any atom is -0.348 e. The topological polar surface area (TPSA) is 99.5 Å². The molecule has 3 aliphatic rings. The third-order valence-corrected chi connectivity index (χ3v) is 9.60. The summed E-state index contributed by atoms with van der Waals surface area (Å²) in [5.41, 5.74) is 0.600. The Morgan fingerprint density at radius 2 is 1.84 bits per heavy atom. The molecular formula is C26H33F2N3O5S. The van der Waals surface area contributed by atoms with Crippen LogP contribution in [0.3, 0.4) is 0 Å². The molecule has 2 aliphatic carbocycles. The molecule has 0 radical (unpaired) electrons. The van der Waals surface area contributed by atoms with Gasteiger partial charge in [0.05, 0.1) is 29.2 Å². The zero-order valence-electron chi connectivity index (χ0n) is 21.0. The van der Waals surface area contributed by atoms with Crippen molar-refractivity contribution in [2.45, 2.75) is 92.8 Å². The first kappa shape index (κ1) is 26.2. The van der Waals surface area contributed by atoms with Crippen LogP contribution in [-0.2, 0) is 30.7 Å². The number of hydrogen-bond acceptors (Lipinski definition) is 6. The molecule has 0 spiro atoms. The van der Waals surface area contributed by atoms with E-state index in [1.165, 1.54) is 12.1 Å². The van der Waals surface area contributed by atoms with Crippen molar-refractivity contribution < 1.29 is 31.5 Å². The van der Waals surface area contributed by atoms with E-state index in [2.05, 4.69) is 10.4 Å². The van der Waals surface area contributed by atoms with Gasteiger partial charge < -0.3 is 14.8 Å². The second-order valence-corrected chi connectivity index (χ2v) is 13.1. The Hall–Kier alpha value is -2.37. The van der Waals surface area contributed by atoms with Crippen molar-refractivity contribution in [3.63, 3.8) is 0 Å². The van der Waals surface area contributed by atoms with E-state index in [1.807, 2.05) is 13.8 Å². The molecule has 4 unspecified atom stereocenters. The summed E-state index contributed by atoms with van der Waals surface area (Å²) in [6, 6.07) is 7.98. The van der Waals surface area contributed by atoms with Gasteiger partial charge in [-0.05, 0) is 69.6 Å². The summed E-state index contributed by atoms with van der Waals surface area (Å²) in [5, 5.41) is 6.91. The maximum absolute atomic E-state index is 13.9. The Morgan fingerprint density at radius 1 is 1.16 bits per heavy atom. The van der Waals surface area contributed by atoms with Crippen LogP contribution in [0.5, 0.6) is 0 Å². The number of nitrogens with one attached hydrogen (secondary N) is 1. The van der Waals surface area contributed by atoms with Crippen molar-refractivity contribution in [1.29, 1.82) is 0 Å². The second-order valence-electron chi connectivity index (χ2n) is 10.8. The molecule has 4 atom stereocenters. The van der Waals surface area contributed by atoms with E-state index >= 15 is 0 Å². The second kappa shape index (κ2) is 10.1. The van der Waals surface area contributed by atoms with Gasteiger partial charge in [-0.25, -0.2) is 17.2 Å². The van der Waals surface area contributed by atoms with E-state index in [0.717, 1.165) is 0 Å². The van der Waals surface area contributed by atoms with Gasteiger partial charge in [0.25, 0.3) is 0 Å². The predicted octanol–water partition coefficient (Wildman–Crippen LogP) is 4.17. The summed E-state index contributed by atoms with van der Waals surface area (Å²) >= 11 is 0. The number of alkyl halides is 2. The van der Waals surface area contributed by atoms with Gasteiger partial charge in [0.2, 0.25) is 5.91 Å². The smallest absolute Gasteiger partial charge is 0.233 e. The molecule has 2 heterocycles. The van der Waals surface area contributed by atoms with Gasteiger partial charge >= 0.3 is 0 Å². The number of anilines is 1. The zero-order chi connectivity index (χ0) is 26.4. The highest BCUT2D eigenvalue weighted by Crippen LogP contribution is 2.39. The van der Waals surface area contributed by atoms with E-state index in [0.29, 0.717) is 37.4 Å². The fourth-order valence-electron chi connectivity index (χ4n) is 5.21. The van der Waals surface area contributed by atoms with Gasteiger partial charge in [0.1, 0.15) is 18.4 Å². The minimum atomic E-state index is -3.36. The van der Waals surface area contributed by atoms with Crippen molar-refractivity contribution in [3.8, 4) is 0 Å². The molecule has 2 aromatic rings. The largest absolute Gasteiger partial charge is 0.348 e. The van der Waals surface area contributed by atoms with E-state index in [4.69, 9.17) is 9.47 Å². The van der Waals surface area contributed by atoms with Gasteiger partial charge in [0.15, 0.2) is 21.4 Å². The summed E-state index contributed by atoms with van der Waals surface area (Å²) < 4.78 is 65.9. The number of ether oxygens (including phenoxy) is 2. The van der Waals surface area contributed by atoms with Gasteiger partial charge in [-0.1, -0.05) is 12.1 Å². The van der Waals surface area contributed by atoms with Crippen LogP contribution in [0.15, 0.2) is 41.4 Å². The molecule has 2 saturated carbocycles. The summed E-state index contributed by atoms with van der Waals surface area (Å²) in [7, 11) is -3.36. The molecule has 11 heteroatoms. The number of nitrogens with zero attached hydrogens (tertiary/aromatic N) is 2. The number of hydrogen-bond donors (Lipinski definition) is 1. The lowest BCUT2D eigenvalue weighted by Gasteiger charge is -2.20. The fraction of sp³-hybridized carbons (Fsp3) is 0.615. The highest BCUT2D eigenvalue weighted by atomic mass is 32.2. The van der Waals surface area contributed by atoms with Crippen LogP contribution in [0.2, 0.25) is 0 Å². The molecule has 5 rings (SSSR count). The number of carbonyl (C=O) groups is 1. The lowest BCUT2D eigenvalue weighted by Crippen LogP contribution is -2.25. The maximum atomic E-state index is 13.9. The molecule has 37 heavy (non-hydrogen) atoms. The van der Waals surface area contributed by atoms with Crippen molar-refractivity contribution >= 4 is 21.6 Å². The average molecular weight is 538 g/mol. The lowest BCUT2D eigenvalue weighted by atomic mass is 9.87. The Balaban J connectivity index is 1.30. The molecule has 1 saturated heterocycles. The quantitative estimate of drug-likeness (QED) is 0.516.